The molecule has 4 heteroatoms. The Labute approximate surface area is 86.8 Å². The van der Waals surface area contributed by atoms with Gasteiger partial charge < -0.3 is 9.67 Å². The van der Waals surface area contributed by atoms with Gasteiger partial charge in [0.15, 0.2) is 11.6 Å². The maximum absolute atomic E-state index is 13.0. The van der Waals surface area contributed by atoms with Crippen LogP contribution in [-0.2, 0) is 13.5 Å². The van der Waals surface area contributed by atoms with Gasteiger partial charge in [-0.3, -0.25) is 0 Å². The molecule has 0 fully saturated rings. The summed E-state index contributed by atoms with van der Waals surface area (Å²) in [4.78, 5) is 4.14. The quantitative estimate of drug-likeness (QED) is 0.814. The summed E-state index contributed by atoms with van der Waals surface area (Å²) in [6, 6.07) is 4.37. The van der Waals surface area contributed by atoms with Crippen molar-refractivity contribution < 1.29 is 9.50 Å². The second-order valence-electron chi connectivity index (χ2n) is 3.42. The molecule has 1 aromatic heterocycles. The molecule has 0 aliphatic rings. The van der Waals surface area contributed by atoms with Crippen molar-refractivity contribution in [2.45, 2.75) is 6.42 Å². The lowest BCUT2D eigenvalue weighted by Crippen LogP contribution is -1.98. The molecule has 2 rings (SSSR count). The molecule has 0 aliphatic heterocycles. The Balaban J connectivity index is 2.25. The van der Waals surface area contributed by atoms with Gasteiger partial charge in [-0.2, -0.15) is 0 Å². The second-order valence-corrected chi connectivity index (χ2v) is 3.42. The molecule has 0 unspecified atom stereocenters. The van der Waals surface area contributed by atoms with Crippen LogP contribution in [-0.4, -0.2) is 14.7 Å². The summed E-state index contributed by atoms with van der Waals surface area (Å²) >= 11 is 0. The Morgan fingerprint density at radius 2 is 2.27 bits per heavy atom. The van der Waals surface area contributed by atoms with Crippen molar-refractivity contribution in [1.82, 2.24) is 9.55 Å². The van der Waals surface area contributed by atoms with E-state index in [1.807, 2.05) is 17.8 Å². The molecule has 15 heavy (non-hydrogen) atoms. The number of benzene rings is 1. The predicted octanol–water partition coefficient (Wildman–Crippen LogP) is 1.86. The number of rotatable bonds is 2. The highest BCUT2D eigenvalue weighted by Crippen LogP contribution is 2.17. The number of imidazole rings is 1. The highest BCUT2D eigenvalue weighted by molar-refractivity contribution is 5.29. The van der Waals surface area contributed by atoms with E-state index >= 15 is 0 Å². The zero-order chi connectivity index (χ0) is 10.8. The van der Waals surface area contributed by atoms with Crippen LogP contribution in [0.5, 0.6) is 5.75 Å². The number of phenolic OH excluding ortho intramolecular Hbond substituents is 1. The molecule has 0 amide bonds. The number of hydrogen-bond acceptors (Lipinski definition) is 2. The van der Waals surface area contributed by atoms with E-state index in [-0.39, 0.29) is 5.75 Å². The Bertz CT molecular complexity index is 479. The first-order chi connectivity index (χ1) is 7.16. The molecule has 1 N–H and O–H groups in total. The fourth-order valence-electron chi connectivity index (χ4n) is 1.41. The smallest absolute Gasteiger partial charge is 0.165 e. The first kappa shape index (κ1) is 9.71. The molecule has 0 atom stereocenters. The average Bonchev–Trinajstić information content (AvgIpc) is 2.59. The van der Waals surface area contributed by atoms with Gasteiger partial charge in [0.05, 0.1) is 0 Å². The van der Waals surface area contributed by atoms with Gasteiger partial charge in [-0.15, -0.1) is 0 Å². The molecule has 78 valence electrons. The van der Waals surface area contributed by atoms with Gasteiger partial charge in [0.1, 0.15) is 5.82 Å². The summed E-state index contributed by atoms with van der Waals surface area (Å²) in [5, 5.41) is 9.03. The van der Waals surface area contributed by atoms with Crippen LogP contribution in [0.4, 0.5) is 4.39 Å². The zero-order valence-electron chi connectivity index (χ0n) is 8.31. The minimum atomic E-state index is -0.596. The van der Waals surface area contributed by atoms with E-state index in [9.17, 15) is 4.39 Å². The first-order valence-corrected chi connectivity index (χ1v) is 4.60. The van der Waals surface area contributed by atoms with Crippen molar-refractivity contribution in [3.63, 3.8) is 0 Å². The van der Waals surface area contributed by atoms with E-state index in [1.165, 1.54) is 12.1 Å². The molecule has 1 aromatic carbocycles. The van der Waals surface area contributed by atoms with E-state index in [2.05, 4.69) is 4.98 Å². The molecule has 0 aliphatic carbocycles. The number of aryl methyl sites for hydroxylation is 1. The third kappa shape index (κ3) is 1.98. The Morgan fingerprint density at radius 1 is 1.47 bits per heavy atom. The minimum absolute atomic E-state index is 0.321. The molecule has 1 heterocycles. The fourth-order valence-corrected chi connectivity index (χ4v) is 1.41. The van der Waals surface area contributed by atoms with Crippen LogP contribution in [0.2, 0.25) is 0 Å². The summed E-state index contributed by atoms with van der Waals surface area (Å²) in [6.45, 7) is 0. The third-order valence-corrected chi connectivity index (χ3v) is 2.30. The van der Waals surface area contributed by atoms with Gasteiger partial charge in [0, 0.05) is 25.9 Å². The highest BCUT2D eigenvalue weighted by atomic mass is 19.1. The van der Waals surface area contributed by atoms with Crippen LogP contribution >= 0.6 is 0 Å². The van der Waals surface area contributed by atoms with E-state index in [0.29, 0.717) is 6.42 Å². The number of hydrogen-bond donors (Lipinski definition) is 1. The van der Waals surface area contributed by atoms with Crippen LogP contribution in [0.25, 0.3) is 0 Å². The molecule has 0 saturated heterocycles. The van der Waals surface area contributed by atoms with Crippen LogP contribution in [0, 0.1) is 5.82 Å². The van der Waals surface area contributed by atoms with Gasteiger partial charge in [-0.1, -0.05) is 6.07 Å². The lowest BCUT2D eigenvalue weighted by Gasteiger charge is -2.03. The molecule has 0 saturated carbocycles. The van der Waals surface area contributed by atoms with Crippen LogP contribution in [0.1, 0.15) is 11.4 Å². The summed E-state index contributed by atoms with van der Waals surface area (Å²) in [5.41, 5.74) is 0.791. The molecule has 0 bridgehead atoms. The first-order valence-electron chi connectivity index (χ1n) is 4.60. The second kappa shape index (κ2) is 3.73. The van der Waals surface area contributed by atoms with Gasteiger partial charge in [-0.25, -0.2) is 9.37 Å². The third-order valence-electron chi connectivity index (χ3n) is 2.30. The summed E-state index contributed by atoms with van der Waals surface area (Å²) in [6.07, 6.45) is 4.10. The van der Waals surface area contributed by atoms with Crippen molar-refractivity contribution in [3.05, 3.63) is 47.8 Å². The van der Waals surface area contributed by atoms with E-state index in [1.54, 1.807) is 12.3 Å². The van der Waals surface area contributed by atoms with Crippen molar-refractivity contribution in [2.75, 3.05) is 0 Å². The lowest BCUT2D eigenvalue weighted by atomic mass is 10.1. The number of aromatic hydroxyl groups is 1. The zero-order valence-corrected chi connectivity index (χ0v) is 8.31. The van der Waals surface area contributed by atoms with E-state index in [0.717, 1.165) is 11.4 Å². The van der Waals surface area contributed by atoms with Gasteiger partial charge in [0.25, 0.3) is 0 Å². The van der Waals surface area contributed by atoms with E-state index in [4.69, 9.17) is 5.11 Å². The Hall–Kier alpha value is -1.84. The molecule has 0 spiro atoms. The standard InChI is InChI=1S/C11H11FN2O/c1-14-5-4-13-11(14)7-8-2-3-10(15)9(12)6-8/h2-6,15H,7H2,1H3. The van der Waals surface area contributed by atoms with Crippen molar-refractivity contribution in [3.8, 4) is 5.75 Å². The number of nitrogens with zero attached hydrogens (tertiary/aromatic N) is 2. The Morgan fingerprint density at radius 3 is 2.87 bits per heavy atom. The summed E-state index contributed by atoms with van der Waals surface area (Å²) < 4.78 is 14.9. The topological polar surface area (TPSA) is 38.0 Å². The normalized spacial score (nSPS) is 10.5. The van der Waals surface area contributed by atoms with Crippen LogP contribution in [0.15, 0.2) is 30.6 Å². The fraction of sp³-hybridized carbons (Fsp3) is 0.182. The summed E-state index contributed by atoms with van der Waals surface area (Å²) in [7, 11) is 1.89. The molecule has 0 radical (unpaired) electrons. The van der Waals surface area contributed by atoms with Gasteiger partial charge >= 0.3 is 0 Å². The van der Waals surface area contributed by atoms with Crippen LogP contribution < -0.4 is 0 Å². The minimum Gasteiger partial charge on any atom is -0.505 e. The molecule has 3 nitrogen and oxygen atoms in total. The molecular formula is C11H11FN2O. The highest BCUT2D eigenvalue weighted by Gasteiger charge is 2.04. The Kier molecular flexibility index (Phi) is 2.41. The number of halogens is 1. The lowest BCUT2D eigenvalue weighted by molar-refractivity contribution is 0.432. The van der Waals surface area contributed by atoms with Gasteiger partial charge in [0.2, 0.25) is 0 Å². The van der Waals surface area contributed by atoms with Crippen molar-refractivity contribution in [1.29, 1.82) is 0 Å². The number of aromatic nitrogens is 2. The molecular weight excluding hydrogens is 195 g/mol. The average molecular weight is 206 g/mol. The SMILES string of the molecule is Cn1ccnc1Cc1ccc(O)c(F)c1. The maximum atomic E-state index is 13.0. The summed E-state index contributed by atoms with van der Waals surface area (Å²) in [5.74, 6) is -0.0552. The van der Waals surface area contributed by atoms with E-state index < -0.39 is 5.82 Å². The van der Waals surface area contributed by atoms with Crippen molar-refractivity contribution >= 4 is 0 Å². The number of phenols is 1. The van der Waals surface area contributed by atoms with Crippen LogP contribution in [0.3, 0.4) is 0 Å². The molecule has 2 aromatic rings. The monoisotopic (exact) mass is 206 g/mol. The van der Waals surface area contributed by atoms with Crippen molar-refractivity contribution in [2.24, 2.45) is 7.05 Å². The maximum Gasteiger partial charge on any atom is 0.165 e. The largest absolute Gasteiger partial charge is 0.505 e. The van der Waals surface area contributed by atoms with Gasteiger partial charge in [-0.05, 0) is 17.7 Å². The predicted molar refractivity (Wildman–Crippen MR) is 54.1 cm³/mol.